The Morgan fingerprint density at radius 2 is 0.623 bits per heavy atom. The second-order valence-electron chi connectivity index (χ2n) is 12.8. The lowest BCUT2D eigenvalue weighted by Crippen LogP contribution is -2.08. The summed E-state index contributed by atoms with van der Waals surface area (Å²) in [4.78, 5) is 25.2. The van der Waals surface area contributed by atoms with E-state index in [2.05, 4.69) is 0 Å². The summed E-state index contributed by atoms with van der Waals surface area (Å²) in [5.41, 5.74) is 5.32. The van der Waals surface area contributed by atoms with E-state index in [0.29, 0.717) is 35.8 Å². The van der Waals surface area contributed by atoms with Crippen LogP contribution >= 0.6 is 0 Å². The molecule has 0 radical (unpaired) electrons. The van der Waals surface area contributed by atoms with E-state index >= 15 is 0 Å². The summed E-state index contributed by atoms with van der Waals surface area (Å²) < 4.78 is 22.9. The van der Waals surface area contributed by atoms with Crippen molar-refractivity contribution < 1.29 is 28.5 Å². The number of hydrogen-bond donors (Lipinski definition) is 0. The van der Waals surface area contributed by atoms with Gasteiger partial charge in [0, 0.05) is 0 Å². The zero-order valence-corrected chi connectivity index (χ0v) is 29.8. The van der Waals surface area contributed by atoms with Crippen molar-refractivity contribution in [2.45, 2.75) is 44.9 Å². The average Bonchev–Trinajstić information content (AvgIpc) is 3.22. The summed E-state index contributed by atoms with van der Waals surface area (Å²) in [6, 6.07) is 49.3. The van der Waals surface area contributed by atoms with E-state index in [1.165, 1.54) is 19.3 Å². The van der Waals surface area contributed by atoms with Gasteiger partial charge in [0.25, 0.3) is 0 Å². The number of benzene rings is 6. The van der Waals surface area contributed by atoms with Crippen molar-refractivity contribution in [3.05, 3.63) is 169 Å². The van der Waals surface area contributed by atoms with Gasteiger partial charge in [-0.1, -0.05) is 117 Å². The minimum Gasteiger partial charge on any atom is -0.494 e. The molecule has 0 aliphatic heterocycles. The maximum Gasteiger partial charge on any atom is 0.343 e. The van der Waals surface area contributed by atoms with Crippen LogP contribution in [-0.4, -0.2) is 25.2 Å². The third-order valence-corrected chi connectivity index (χ3v) is 8.85. The van der Waals surface area contributed by atoms with E-state index in [-0.39, 0.29) is 11.9 Å². The highest BCUT2D eigenvalue weighted by Gasteiger charge is 2.11. The van der Waals surface area contributed by atoms with Crippen LogP contribution in [0, 0.1) is 0 Å². The zero-order chi connectivity index (χ0) is 36.5. The maximum absolute atomic E-state index is 12.6. The Labute approximate surface area is 312 Å². The smallest absolute Gasteiger partial charge is 0.343 e. The SMILES string of the molecule is O=C(Oc1ccc(OCCCCCCCCCOc2ccc(OC(=O)c3ccc(-c4ccccc4)cc3)cc2)cc1)c1ccc(-c2ccccc2)cc1. The number of carbonyl (C=O) groups excluding carboxylic acids is 2. The van der Waals surface area contributed by atoms with Crippen molar-refractivity contribution in [2.24, 2.45) is 0 Å². The minimum atomic E-state index is -0.389. The van der Waals surface area contributed by atoms with Gasteiger partial charge >= 0.3 is 11.9 Å². The highest BCUT2D eigenvalue weighted by molar-refractivity contribution is 5.92. The van der Waals surface area contributed by atoms with E-state index in [4.69, 9.17) is 18.9 Å². The first-order chi connectivity index (χ1) is 26.1. The van der Waals surface area contributed by atoms with Crippen LogP contribution in [-0.2, 0) is 0 Å². The summed E-state index contributed by atoms with van der Waals surface area (Å²) in [5.74, 6) is 1.71. The molecule has 0 aliphatic rings. The summed E-state index contributed by atoms with van der Waals surface area (Å²) in [7, 11) is 0. The van der Waals surface area contributed by atoms with Gasteiger partial charge in [0.05, 0.1) is 24.3 Å². The molecule has 6 aromatic carbocycles. The highest BCUT2D eigenvalue weighted by atomic mass is 16.5. The molecular formula is C47H44O6. The number of esters is 2. The third kappa shape index (κ3) is 11.4. The summed E-state index contributed by atoms with van der Waals surface area (Å²) in [5, 5.41) is 0. The molecule has 6 aromatic rings. The highest BCUT2D eigenvalue weighted by Crippen LogP contribution is 2.24. The number of hydrogen-bond acceptors (Lipinski definition) is 6. The molecule has 0 spiro atoms. The first-order valence-corrected chi connectivity index (χ1v) is 18.3. The molecule has 0 heterocycles. The van der Waals surface area contributed by atoms with Crippen LogP contribution in [0.2, 0.25) is 0 Å². The monoisotopic (exact) mass is 704 g/mol. The molecule has 268 valence electrons. The largest absolute Gasteiger partial charge is 0.494 e. The standard InChI is InChI=1S/C47H44O6/c48-46(40-22-18-38(19-23-40)36-14-8-6-9-15-36)52-44-30-26-42(27-31-44)50-34-12-4-2-1-3-5-13-35-51-43-28-32-45(33-29-43)53-47(49)41-24-20-39(21-25-41)37-16-10-7-11-17-37/h6-11,14-33H,1-5,12-13,34-35H2. The predicted octanol–water partition coefficient (Wildman–Crippen LogP) is 11.6. The van der Waals surface area contributed by atoms with E-state index in [1.807, 2.05) is 109 Å². The van der Waals surface area contributed by atoms with Crippen LogP contribution in [0.25, 0.3) is 22.3 Å². The summed E-state index contributed by atoms with van der Waals surface area (Å²) in [6.07, 6.45) is 7.74. The lowest BCUT2D eigenvalue weighted by molar-refractivity contribution is 0.0725. The van der Waals surface area contributed by atoms with Crippen LogP contribution in [0.1, 0.15) is 65.7 Å². The number of rotatable bonds is 18. The lowest BCUT2D eigenvalue weighted by Gasteiger charge is -2.09. The second kappa shape index (κ2) is 19.5. The first kappa shape index (κ1) is 36.6. The Morgan fingerprint density at radius 3 is 0.981 bits per heavy atom. The van der Waals surface area contributed by atoms with Gasteiger partial charge in [0.2, 0.25) is 0 Å². The Bertz CT molecular complexity index is 1840. The van der Waals surface area contributed by atoms with Gasteiger partial charge in [-0.15, -0.1) is 0 Å². The maximum atomic E-state index is 12.6. The van der Waals surface area contributed by atoms with Gasteiger partial charge in [-0.05, 0) is 108 Å². The first-order valence-electron chi connectivity index (χ1n) is 18.3. The van der Waals surface area contributed by atoms with Crippen molar-refractivity contribution in [3.63, 3.8) is 0 Å². The van der Waals surface area contributed by atoms with Crippen LogP contribution in [0.3, 0.4) is 0 Å². The van der Waals surface area contributed by atoms with E-state index in [9.17, 15) is 9.59 Å². The fourth-order valence-corrected chi connectivity index (χ4v) is 5.87. The third-order valence-electron chi connectivity index (χ3n) is 8.85. The molecule has 0 saturated carbocycles. The van der Waals surface area contributed by atoms with Crippen LogP contribution in [0.5, 0.6) is 23.0 Å². The van der Waals surface area contributed by atoms with Gasteiger partial charge in [-0.3, -0.25) is 0 Å². The summed E-state index contributed by atoms with van der Waals surface area (Å²) >= 11 is 0. The molecule has 0 aromatic heterocycles. The van der Waals surface area contributed by atoms with Crippen LogP contribution in [0.4, 0.5) is 0 Å². The Morgan fingerprint density at radius 1 is 0.321 bits per heavy atom. The van der Waals surface area contributed by atoms with E-state index in [1.54, 1.807) is 48.5 Å². The van der Waals surface area contributed by atoms with Gasteiger partial charge < -0.3 is 18.9 Å². The lowest BCUT2D eigenvalue weighted by atomic mass is 10.0. The molecule has 0 fully saturated rings. The fraction of sp³-hybridized carbons (Fsp3) is 0.191. The average molecular weight is 705 g/mol. The van der Waals surface area contributed by atoms with Crippen molar-refractivity contribution >= 4 is 11.9 Å². The molecule has 6 heteroatoms. The molecule has 0 N–H and O–H groups in total. The summed E-state index contributed by atoms with van der Waals surface area (Å²) in [6.45, 7) is 1.31. The molecule has 0 aliphatic carbocycles. The number of ether oxygens (including phenoxy) is 4. The van der Waals surface area contributed by atoms with E-state index in [0.717, 1.165) is 59.4 Å². The number of carbonyl (C=O) groups is 2. The predicted molar refractivity (Wildman–Crippen MR) is 210 cm³/mol. The van der Waals surface area contributed by atoms with E-state index < -0.39 is 0 Å². The molecule has 53 heavy (non-hydrogen) atoms. The van der Waals surface area contributed by atoms with Gasteiger partial charge in [-0.25, -0.2) is 9.59 Å². The number of unbranched alkanes of at least 4 members (excludes halogenated alkanes) is 6. The minimum absolute atomic E-state index is 0.389. The quantitative estimate of drug-likeness (QED) is 0.0504. The molecule has 6 rings (SSSR count). The van der Waals surface area contributed by atoms with Gasteiger partial charge in [-0.2, -0.15) is 0 Å². The zero-order valence-electron chi connectivity index (χ0n) is 29.8. The Kier molecular flexibility index (Phi) is 13.5. The van der Waals surface area contributed by atoms with Crippen LogP contribution in [0.15, 0.2) is 158 Å². The fourth-order valence-electron chi connectivity index (χ4n) is 5.87. The molecule has 0 saturated heterocycles. The van der Waals surface area contributed by atoms with Crippen LogP contribution < -0.4 is 18.9 Å². The molecule has 0 atom stereocenters. The van der Waals surface area contributed by atoms with Gasteiger partial charge in [0.1, 0.15) is 23.0 Å². The molecule has 0 amide bonds. The Balaban J connectivity index is 0.778. The van der Waals surface area contributed by atoms with Gasteiger partial charge in [0.15, 0.2) is 0 Å². The molecule has 0 bridgehead atoms. The molecular weight excluding hydrogens is 661 g/mol. The molecule has 6 nitrogen and oxygen atoms in total. The topological polar surface area (TPSA) is 71.1 Å². The van der Waals surface area contributed by atoms with Crippen molar-refractivity contribution in [3.8, 4) is 45.3 Å². The van der Waals surface area contributed by atoms with Crippen molar-refractivity contribution in [1.82, 2.24) is 0 Å². The normalized spacial score (nSPS) is 10.7. The second-order valence-corrected chi connectivity index (χ2v) is 12.8. The van der Waals surface area contributed by atoms with Crippen molar-refractivity contribution in [2.75, 3.05) is 13.2 Å². The Hall–Kier alpha value is -6.14. The van der Waals surface area contributed by atoms with Crippen molar-refractivity contribution in [1.29, 1.82) is 0 Å². The molecule has 0 unspecified atom stereocenters.